The fourth-order valence-electron chi connectivity index (χ4n) is 5.79. The number of likely N-dealkylation sites (tertiary alicyclic amines) is 1. The molecule has 1 fully saturated rings. The van der Waals surface area contributed by atoms with E-state index in [0.717, 1.165) is 47.7 Å². The first-order valence-corrected chi connectivity index (χ1v) is 15.2. The molecule has 2 aromatic heterocycles. The summed E-state index contributed by atoms with van der Waals surface area (Å²) in [4.78, 5) is 13.0. The van der Waals surface area contributed by atoms with Crippen molar-refractivity contribution in [2.45, 2.75) is 104 Å². The van der Waals surface area contributed by atoms with Crippen LogP contribution in [0.25, 0.3) is 10.4 Å². The Bertz CT molecular complexity index is 1320. The van der Waals surface area contributed by atoms with Crippen molar-refractivity contribution in [3.63, 3.8) is 0 Å². The Kier molecular flexibility index (Phi) is 8.58. The number of piperidine rings is 1. The number of rotatable bonds is 6. The molecule has 1 aliphatic heterocycles. The maximum Gasteiger partial charge on any atom is 0.166 e. The van der Waals surface area contributed by atoms with Gasteiger partial charge in [-0.1, -0.05) is 47.6 Å². The van der Waals surface area contributed by atoms with E-state index in [0.29, 0.717) is 24.1 Å². The van der Waals surface area contributed by atoms with E-state index in [4.69, 9.17) is 20.2 Å². The van der Waals surface area contributed by atoms with Crippen LogP contribution in [-0.4, -0.2) is 40.6 Å². The Morgan fingerprint density at radius 1 is 0.900 bits per heavy atom. The number of benzene rings is 1. The molecule has 40 heavy (non-hydrogen) atoms. The van der Waals surface area contributed by atoms with Crippen molar-refractivity contribution in [2.75, 3.05) is 25.9 Å². The van der Waals surface area contributed by atoms with Gasteiger partial charge in [-0.2, -0.15) is 0 Å². The maximum absolute atomic E-state index is 6.38. The van der Waals surface area contributed by atoms with Crippen LogP contribution in [-0.2, 0) is 17.4 Å². The van der Waals surface area contributed by atoms with Gasteiger partial charge in [0.05, 0.1) is 17.0 Å². The Morgan fingerprint density at radius 2 is 1.55 bits per heavy atom. The van der Waals surface area contributed by atoms with Crippen LogP contribution in [0.1, 0.15) is 103 Å². The molecular weight excluding hydrogens is 516 g/mol. The average molecular weight is 565 g/mol. The normalized spacial score (nSPS) is 15.8. The standard InChI is InChI=1S/C33H48N4O2S/c1-31(2,3)27-22(11-12-24(38-10)28(27)32(4,5)6)20-39-25-17-23(18-35-29(25)34)26-19-36-30(40-26)21-13-15-37(16-14-21)33(7,8)9/h11-12,17-19,21H,13-16,20H2,1-10H3,(H2,34,35). The number of hydrogen-bond donors (Lipinski definition) is 1. The lowest BCUT2D eigenvalue weighted by Crippen LogP contribution is -2.45. The number of anilines is 1. The minimum absolute atomic E-state index is 0.0856. The molecule has 0 radical (unpaired) electrons. The quantitative estimate of drug-likeness (QED) is 0.328. The van der Waals surface area contributed by atoms with Crippen molar-refractivity contribution >= 4 is 17.2 Å². The molecule has 0 unspecified atom stereocenters. The number of pyridine rings is 1. The SMILES string of the molecule is COc1ccc(COc2cc(-c3cnc(C4CCN(C(C)(C)C)CC4)s3)cnc2N)c(C(C)(C)C)c1C(C)(C)C. The molecular formula is C33H48N4O2S. The van der Waals surface area contributed by atoms with Crippen LogP contribution < -0.4 is 15.2 Å². The number of hydrogen-bond acceptors (Lipinski definition) is 7. The van der Waals surface area contributed by atoms with Gasteiger partial charge in [-0.3, -0.25) is 4.90 Å². The van der Waals surface area contributed by atoms with Crippen LogP contribution in [0.3, 0.4) is 0 Å². The zero-order valence-electron chi connectivity index (χ0n) is 26.1. The van der Waals surface area contributed by atoms with Gasteiger partial charge < -0.3 is 15.2 Å². The second kappa shape index (κ2) is 11.3. The highest BCUT2D eigenvalue weighted by molar-refractivity contribution is 7.15. The third kappa shape index (κ3) is 6.63. The molecule has 4 rings (SSSR count). The summed E-state index contributed by atoms with van der Waals surface area (Å²) in [6.07, 6.45) is 6.09. The van der Waals surface area contributed by atoms with E-state index in [1.807, 2.05) is 18.5 Å². The fourth-order valence-corrected chi connectivity index (χ4v) is 6.85. The molecule has 0 spiro atoms. The molecule has 1 aromatic carbocycles. The Balaban J connectivity index is 1.56. The van der Waals surface area contributed by atoms with Gasteiger partial charge in [-0.05, 0) is 80.8 Å². The average Bonchev–Trinajstić information content (AvgIpc) is 3.36. The summed E-state index contributed by atoms with van der Waals surface area (Å²) in [5.74, 6) is 2.41. The van der Waals surface area contributed by atoms with Gasteiger partial charge in [0.2, 0.25) is 0 Å². The van der Waals surface area contributed by atoms with E-state index in [9.17, 15) is 0 Å². The second-order valence-electron chi connectivity index (χ2n) is 14.1. The highest BCUT2D eigenvalue weighted by atomic mass is 32.1. The highest BCUT2D eigenvalue weighted by Gasteiger charge is 2.32. The van der Waals surface area contributed by atoms with Gasteiger partial charge in [0.15, 0.2) is 11.6 Å². The first-order chi connectivity index (χ1) is 18.6. The number of nitrogens with zero attached hydrogens (tertiary/aromatic N) is 3. The summed E-state index contributed by atoms with van der Waals surface area (Å²) in [6.45, 7) is 22.9. The van der Waals surface area contributed by atoms with Gasteiger partial charge in [0, 0.05) is 35.0 Å². The lowest BCUT2D eigenvalue weighted by atomic mass is 9.73. The van der Waals surface area contributed by atoms with Gasteiger partial charge in [0.25, 0.3) is 0 Å². The Morgan fingerprint density at radius 3 is 2.12 bits per heavy atom. The van der Waals surface area contributed by atoms with Crippen molar-refractivity contribution in [3.05, 3.63) is 52.3 Å². The number of methoxy groups -OCH3 is 1. The predicted octanol–water partition coefficient (Wildman–Crippen LogP) is 7.95. The van der Waals surface area contributed by atoms with E-state index >= 15 is 0 Å². The summed E-state index contributed by atoms with van der Waals surface area (Å²) in [5.41, 5.74) is 10.9. The van der Waals surface area contributed by atoms with Crippen LogP contribution in [0.5, 0.6) is 11.5 Å². The first kappa shape index (κ1) is 30.3. The largest absolute Gasteiger partial charge is 0.496 e. The van der Waals surface area contributed by atoms with Crippen LogP contribution in [0, 0.1) is 0 Å². The molecule has 2 N–H and O–H groups in total. The topological polar surface area (TPSA) is 73.5 Å². The van der Waals surface area contributed by atoms with E-state index < -0.39 is 0 Å². The molecule has 7 heteroatoms. The molecule has 1 aliphatic rings. The maximum atomic E-state index is 6.38. The molecule has 6 nitrogen and oxygen atoms in total. The fraction of sp³-hybridized carbons (Fsp3) is 0.576. The molecule has 218 valence electrons. The van der Waals surface area contributed by atoms with Crippen molar-refractivity contribution in [3.8, 4) is 21.9 Å². The monoisotopic (exact) mass is 564 g/mol. The van der Waals surface area contributed by atoms with Crippen molar-refractivity contribution < 1.29 is 9.47 Å². The van der Waals surface area contributed by atoms with E-state index in [2.05, 4.69) is 84.3 Å². The minimum Gasteiger partial charge on any atom is -0.496 e. The molecule has 0 saturated carbocycles. The molecule has 0 aliphatic carbocycles. The molecule has 3 aromatic rings. The summed E-state index contributed by atoms with van der Waals surface area (Å²) in [5, 5.41) is 1.21. The summed E-state index contributed by atoms with van der Waals surface area (Å²) in [7, 11) is 1.74. The summed E-state index contributed by atoms with van der Waals surface area (Å²) < 4.78 is 12.2. The molecule has 0 amide bonds. The number of nitrogens with two attached hydrogens (primary N) is 1. The lowest BCUT2D eigenvalue weighted by molar-refractivity contribution is 0.102. The summed E-state index contributed by atoms with van der Waals surface area (Å²) >= 11 is 1.76. The molecule has 0 bridgehead atoms. The summed E-state index contributed by atoms with van der Waals surface area (Å²) in [6, 6.07) is 6.17. The lowest BCUT2D eigenvalue weighted by Gasteiger charge is -2.40. The number of aromatic nitrogens is 2. The van der Waals surface area contributed by atoms with Crippen molar-refractivity contribution in [2.24, 2.45) is 0 Å². The third-order valence-corrected chi connectivity index (χ3v) is 9.05. The van der Waals surface area contributed by atoms with Gasteiger partial charge in [-0.25, -0.2) is 9.97 Å². The number of thiazole rings is 1. The van der Waals surface area contributed by atoms with E-state index in [-0.39, 0.29) is 16.4 Å². The first-order valence-electron chi connectivity index (χ1n) is 14.4. The third-order valence-electron chi connectivity index (χ3n) is 7.84. The van der Waals surface area contributed by atoms with Gasteiger partial charge >= 0.3 is 0 Å². The smallest absolute Gasteiger partial charge is 0.166 e. The van der Waals surface area contributed by atoms with Crippen LogP contribution in [0.2, 0.25) is 0 Å². The molecule has 0 atom stereocenters. The van der Waals surface area contributed by atoms with Crippen LogP contribution >= 0.6 is 11.3 Å². The van der Waals surface area contributed by atoms with Crippen LogP contribution in [0.4, 0.5) is 5.82 Å². The second-order valence-corrected chi connectivity index (χ2v) is 15.1. The van der Waals surface area contributed by atoms with Gasteiger partial charge in [-0.15, -0.1) is 11.3 Å². The van der Waals surface area contributed by atoms with Crippen molar-refractivity contribution in [1.29, 1.82) is 0 Å². The number of nitrogen functional groups attached to an aromatic ring is 1. The van der Waals surface area contributed by atoms with Crippen LogP contribution in [0.15, 0.2) is 30.6 Å². The molecule has 3 heterocycles. The van der Waals surface area contributed by atoms with E-state index in [1.165, 1.54) is 16.1 Å². The Hall–Kier alpha value is -2.64. The number of ether oxygens (including phenoxy) is 2. The van der Waals surface area contributed by atoms with E-state index in [1.54, 1.807) is 18.4 Å². The zero-order valence-corrected chi connectivity index (χ0v) is 27.0. The van der Waals surface area contributed by atoms with Crippen molar-refractivity contribution in [1.82, 2.24) is 14.9 Å². The Labute approximate surface area is 245 Å². The molecule has 1 saturated heterocycles. The van der Waals surface area contributed by atoms with Gasteiger partial charge in [0.1, 0.15) is 12.4 Å². The zero-order chi connectivity index (χ0) is 29.5. The highest BCUT2D eigenvalue weighted by Crippen LogP contribution is 2.43. The minimum atomic E-state index is -0.0937. The predicted molar refractivity (Wildman–Crippen MR) is 168 cm³/mol.